The van der Waals surface area contributed by atoms with Gasteiger partial charge in [-0.05, 0) is 44.4 Å². The van der Waals surface area contributed by atoms with Crippen molar-refractivity contribution in [2.75, 3.05) is 18.9 Å². The molecule has 2 amide bonds. The Balaban J connectivity index is 1.88. The fourth-order valence-electron chi connectivity index (χ4n) is 3.13. The number of hydrogen-bond acceptors (Lipinski definition) is 2. The number of carbonyl (C=O) groups is 2. The molecule has 2 aromatic carbocycles. The van der Waals surface area contributed by atoms with E-state index >= 15 is 0 Å². The number of nitrogens with one attached hydrogen (secondary N) is 3. The Bertz CT molecular complexity index is 779. The van der Waals surface area contributed by atoms with Crippen LogP contribution in [0.4, 0.5) is 5.69 Å². The van der Waals surface area contributed by atoms with Crippen LogP contribution in [0.25, 0.3) is 0 Å². The van der Waals surface area contributed by atoms with Crippen LogP contribution in [0.1, 0.15) is 29.2 Å². The molecule has 0 spiro atoms. The van der Waals surface area contributed by atoms with Gasteiger partial charge in [0.1, 0.15) is 0 Å². The molecular weight excluding hydrogens is 338 g/mol. The van der Waals surface area contributed by atoms with Gasteiger partial charge in [0.15, 0.2) is 12.6 Å². The Morgan fingerprint density at radius 2 is 1.63 bits per heavy atom. The molecule has 2 atom stereocenters. The molecule has 144 valence electrons. The van der Waals surface area contributed by atoms with E-state index in [0.29, 0.717) is 6.54 Å². The van der Waals surface area contributed by atoms with E-state index in [4.69, 9.17) is 0 Å². The molecule has 0 radical (unpaired) electrons. The molecule has 5 nitrogen and oxygen atoms in total. The Kier molecular flexibility index (Phi) is 7.13. The SMILES string of the molecule is Cc1cc(C)c(NC(=O)C[NH+](C)[C@@H](C)C(=O)NCc2ccccc2)c(C)c1. The average molecular weight is 369 g/mol. The summed E-state index contributed by atoms with van der Waals surface area (Å²) in [6.45, 7) is 8.58. The second-order valence-electron chi connectivity index (χ2n) is 7.27. The number of carbonyl (C=O) groups excluding carboxylic acids is 2. The van der Waals surface area contributed by atoms with E-state index in [9.17, 15) is 9.59 Å². The van der Waals surface area contributed by atoms with Crippen LogP contribution in [0.15, 0.2) is 42.5 Å². The Labute approximate surface area is 161 Å². The average Bonchev–Trinajstić information content (AvgIpc) is 2.62. The fraction of sp³-hybridized carbons (Fsp3) is 0.364. The minimum absolute atomic E-state index is 0.0631. The van der Waals surface area contributed by atoms with Crippen molar-refractivity contribution in [3.8, 4) is 0 Å². The number of amides is 2. The number of rotatable bonds is 7. The van der Waals surface area contributed by atoms with Crippen LogP contribution >= 0.6 is 0 Å². The van der Waals surface area contributed by atoms with Crippen LogP contribution in [0.2, 0.25) is 0 Å². The van der Waals surface area contributed by atoms with E-state index in [0.717, 1.165) is 27.3 Å². The van der Waals surface area contributed by atoms with Crippen LogP contribution in [0.3, 0.4) is 0 Å². The molecule has 0 saturated heterocycles. The highest BCUT2D eigenvalue weighted by Gasteiger charge is 2.24. The topological polar surface area (TPSA) is 62.6 Å². The second kappa shape index (κ2) is 9.33. The van der Waals surface area contributed by atoms with Crippen molar-refractivity contribution in [3.05, 3.63) is 64.7 Å². The Morgan fingerprint density at radius 1 is 1.04 bits per heavy atom. The molecule has 0 aliphatic heterocycles. The van der Waals surface area contributed by atoms with Crippen LogP contribution in [0, 0.1) is 20.8 Å². The van der Waals surface area contributed by atoms with Crippen molar-refractivity contribution in [1.29, 1.82) is 0 Å². The number of quaternary nitrogens is 1. The van der Waals surface area contributed by atoms with Crippen LogP contribution < -0.4 is 15.5 Å². The van der Waals surface area contributed by atoms with Crippen LogP contribution in [-0.4, -0.2) is 31.4 Å². The second-order valence-corrected chi connectivity index (χ2v) is 7.27. The first-order chi connectivity index (χ1) is 12.8. The van der Waals surface area contributed by atoms with Gasteiger partial charge < -0.3 is 15.5 Å². The molecule has 27 heavy (non-hydrogen) atoms. The zero-order valence-corrected chi connectivity index (χ0v) is 16.8. The lowest BCUT2D eigenvalue weighted by molar-refractivity contribution is -0.885. The van der Waals surface area contributed by atoms with E-state index in [2.05, 4.69) is 22.8 Å². The largest absolute Gasteiger partial charge is 0.347 e. The van der Waals surface area contributed by atoms with Gasteiger partial charge in [0, 0.05) is 12.2 Å². The first kappa shape index (κ1) is 20.6. The van der Waals surface area contributed by atoms with E-state index in [1.165, 1.54) is 5.56 Å². The first-order valence-corrected chi connectivity index (χ1v) is 9.29. The zero-order chi connectivity index (χ0) is 20.0. The number of anilines is 1. The third-order valence-electron chi connectivity index (χ3n) is 4.82. The van der Waals surface area contributed by atoms with Gasteiger partial charge in [-0.25, -0.2) is 0 Å². The molecule has 3 N–H and O–H groups in total. The summed E-state index contributed by atoms with van der Waals surface area (Å²) in [5, 5.41) is 5.93. The smallest absolute Gasteiger partial charge is 0.279 e. The molecule has 0 heterocycles. The Hall–Kier alpha value is -2.66. The minimum atomic E-state index is -0.320. The summed E-state index contributed by atoms with van der Waals surface area (Å²) < 4.78 is 0. The van der Waals surface area contributed by atoms with E-state index in [1.807, 2.05) is 65.1 Å². The van der Waals surface area contributed by atoms with Gasteiger partial charge in [-0.1, -0.05) is 48.0 Å². The Morgan fingerprint density at radius 3 is 2.22 bits per heavy atom. The highest BCUT2D eigenvalue weighted by molar-refractivity contribution is 5.93. The normalized spacial score (nSPS) is 12.9. The minimum Gasteiger partial charge on any atom is -0.347 e. The highest BCUT2D eigenvalue weighted by Crippen LogP contribution is 2.21. The van der Waals surface area contributed by atoms with E-state index in [1.54, 1.807) is 0 Å². The van der Waals surface area contributed by atoms with Gasteiger partial charge in [0.2, 0.25) is 0 Å². The molecular formula is C22H30N3O2+. The summed E-state index contributed by atoms with van der Waals surface area (Å²) in [4.78, 5) is 25.7. The molecule has 2 aromatic rings. The molecule has 0 fully saturated rings. The van der Waals surface area contributed by atoms with Gasteiger partial charge in [0.25, 0.3) is 11.8 Å². The predicted octanol–water partition coefficient (Wildman–Crippen LogP) is 1.77. The van der Waals surface area contributed by atoms with Crippen molar-refractivity contribution in [1.82, 2.24) is 5.32 Å². The molecule has 0 bridgehead atoms. The van der Waals surface area contributed by atoms with Gasteiger partial charge in [0.05, 0.1) is 7.05 Å². The summed E-state index contributed by atoms with van der Waals surface area (Å²) >= 11 is 0. The van der Waals surface area contributed by atoms with Crippen molar-refractivity contribution in [2.24, 2.45) is 0 Å². The number of hydrogen-bond donors (Lipinski definition) is 3. The van der Waals surface area contributed by atoms with E-state index in [-0.39, 0.29) is 24.4 Å². The van der Waals surface area contributed by atoms with Gasteiger partial charge in [-0.3, -0.25) is 9.59 Å². The summed E-state index contributed by atoms with van der Waals surface area (Å²) in [6.07, 6.45) is 0. The molecule has 0 aromatic heterocycles. The van der Waals surface area contributed by atoms with Gasteiger partial charge in [-0.15, -0.1) is 0 Å². The standard InChI is InChI=1S/C22H29N3O2/c1-15-11-16(2)21(17(3)12-15)24-20(26)14-25(5)18(4)22(27)23-13-19-9-7-6-8-10-19/h6-12,18H,13-14H2,1-5H3,(H,23,27)(H,24,26)/p+1/t18-/m0/s1. The first-order valence-electron chi connectivity index (χ1n) is 9.29. The van der Waals surface area contributed by atoms with Crippen molar-refractivity contribution < 1.29 is 14.5 Å². The molecule has 0 aliphatic rings. The van der Waals surface area contributed by atoms with Crippen molar-refractivity contribution in [3.63, 3.8) is 0 Å². The summed E-state index contributed by atoms with van der Waals surface area (Å²) in [5.41, 5.74) is 5.19. The van der Waals surface area contributed by atoms with Crippen molar-refractivity contribution >= 4 is 17.5 Å². The summed E-state index contributed by atoms with van der Waals surface area (Å²) in [6, 6.07) is 13.6. The molecule has 0 aliphatic carbocycles. The third-order valence-corrected chi connectivity index (χ3v) is 4.82. The fourth-order valence-corrected chi connectivity index (χ4v) is 3.13. The number of likely N-dealkylation sites (N-methyl/N-ethyl adjacent to an activating group) is 1. The monoisotopic (exact) mass is 368 g/mol. The quantitative estimate of drug-likeness (QED) is 0.697. The highest BCUT2D eigenvalue weighted by atomic mass is 16.2. The maximum atomic E-state index is 12.5. The van der Waals surface area contributed by atoms with Gasteiger partial charge in [-0.2, -0.15) is 0 Å². The lowest BCUT2D eigenvalue weighted by Crippen LogP contribution is -3.15. The van der Waals surface area contributed by atoms with Crippen molar-refractivity contribution in [2.45, 2.75) is 40.3 Å². The maximum Gasteiger partial charge on any atom is 0.279 e. The number of benzene rings is 2. The van der Waals surface area contributed by atoms with Crippen LogP contribution in [-0.2, 0) is 16.1 Å². The van der Waals surface area contributed by atoms with Gasteiger partial charge >= 0.3 is 0 Å². The summed E-state index contributed by atoms with van der Waals surface area (Å²) in [7, 11) is 1.86. The molecule has 0 saturated carbocycles. The van der Waals surface area contributed by atoms with Crippen LogP contribution in [0.5, 0.6) is 0 Å². The number of aryl methyl sites for hydroxylation is 3. The predicted molar refractivity (Wildman–Crippen MR) is 109 cm³/mol. The lowest BCUT2D eigenvalue weighted by atomic mass is 10.1. The molecule has 2 rings (SSSR count). The molecule has 1 unspecified atom stereocenters. The summed E-state index contributed by atoms with van der Waals surface area (Å²) in [5.74, 6) is -0.155. The lowest BCUT2D eigenvalue weighted by Gasteiger charge is -2.21. The molecule has 5 heteroatoms. The third kappa shape index (κ3) is 5.93. The maximum absolute atomic E-state index is 12.5. The zero-order valence-electron chi connectivity index (χ0n) is 16.8. The van der Waals surface area contributed by atoms with E-state index < -0.39 is 0 Å².